The number of H-pyrrole nitrogens is 1. The fourth-order valence-corrected chi connectivity index (χ4v) is 4.92. The maximum Gasteiger partial charge on any atom is 0.270 e. The normalized spacial score (nSPS) is 19.9. The lowest BCUT2D eigenvalue weighted by atomic mass is 9.84. The van der Waals surface area contributed by atoms with Gasteiger partial charge in [-0.3, -0.25) is 9.59 Å². The number of nitrogens with zero attached hydrogens (tertiary/aromatic N) is 3. The number of likely N-dealkylation sites (tertiary alicyclic amines) is 1. The molecule has 7 nitrogen and oxygen atoms in total. The number of amides is 2. The molecule has 2 fully saturated rings. The van der Waals surface area contributed by atoms with Crippen molar-refractivity contribution in [2.75, 3.05) is 59.4 Å². The van der Waals surface area contributed by atoms with Crippen LogP contribution in [-0.2, 0) is 4.79 Å². The molecule has 2 amide bonds. The van der Waals surface area contributed by atoms with Gasteiger partial charge in [-0.1, -0.05) is 25.1 Å². The van der Waals surface area contributed by atoms with Crippen LogP contribution in [0.5, 0.6) is 0 Å². The van der Waals surface area contributed by atoms with Gasteiger partial charge < -0.3 is 25.0 Å². The molecule has 2 aromatic rings. The van der Waals surface area contributed by atoms with Crippen LogP contribution in [0.15, 0.2) is 30.3 Å². The van der Waals surface area contributed by atoms with Crippen LogP contribution in [0.4, 0.5) is 0 Å². The zero-order chi connectivity index (χ0) is 22.5. The number of hydrogen-bond acceptors (Lipinski definition) is 4. The van der Waals surface area contributed by atoms with E-state index in [-0.39, 0.29) is 17.7 Å². The minimum absolute atomic E-state index is 0.0102. The van der Waals surface area contributed by atoms with E-state index < -0.39 is 0 Å². The Morgan fingerprint density at radius 2 is 1.81 bits per heavy atom. The molecule has 2 aliphatic rings. The van der Waals surface area contributed by atoms with E-state index in [4.69, 9.17) is 0 Å². The van der Waals surface area contributed by atoms with Gasteiger partial charge in [-0.2, -0.15) is 0 Å². The van der Waals surface area contributed by atoms with E-state index in [0.717, 1.165) is 69.4 Å². The van der Waals surface area contributed by atoms with Crippen molar-refractivity contribution in [3.8, 4) is 0 Å². The van der Waals surface area contributed by atoms with Crippen LogP contribution in [0.2, 0.25) is 0 Å². The van der Waals surface area contributed by atoms with Gasteiger partial charge in [-0.15, -0.1) is 0 Å². The van der Waals surface area contributed by atoms with Crippen molar-refractivity contribution < 1.29 is 9.59 Å². The number of rotatable bonds is 7. The fourth-order valence-electron chi connectivity index (χ4n) is 4.92. The van der Waals surface area contributed by atoms with Crippen molar-refractivity contribution in [2.45, 2.75) is 26.2 Å². The molecule has 0 radical (unpaired) electrons. The standard InChI is InChI=1S/C25H37N5O2/c1-19(24(31)26-10-5-11-29-16-14-28(2)15-17-29)20-8-12-30(13-9-20)25(32)23-18-21-6-3-4-7-22(21)27-23/h3-4,6-7,18-20,27H,5,8-17H2,1-2H3,(H,26,31)/t19-/m0/s1. The molecule has 2 aliphatic heterocycles. The van der Waals surface area contributed by atoms with Crippen LogP contribution in [0.3, 0.4) is 0 Å². The second-order valence-corrected chi connectivity index (χ2v) is 9.48. The van der Waals surface area contributed by atoms with Crippen molar-refractivity contribution in [1.82, 2.24) is 25.0 Å². The van der Waals surface area contributed by atoms with Gasteiger partial charge in [0, 0.05) is 62.6 Å². The average molecular weight is 440 g/mol. The molecule has 0 bridgehead atoms. The highest BCUT2D eigenvalue weighted by atomic mass is 16.2. The number of aromatic nitrogens is 1. The molecule has 0 unspecified atom stereocenters. The maximum absolute atomic E-state index is 12.9. The number of piperazine rings is 1. The average Bonchev–Trinajstić information content (AvgIpc) is 3.26. The zero-order valence-corrected chi connectivity index (χ0v) is 19.5. The SMILES string of the molecule is C[C@H](C(=O)NCCCN1CCN(C)CC1)C1CCN(C(=O)c2cc3ccccc3[nH]2)CC1. The topological polar surface area (TPSA) is 71.7 Å². The summed E-state index contributed by atoms with van der Waals surface area (Å²) in [6.07, 6.45) is 2.75. The molecule has 2 N–H and O–H groups in total. The number of hydrogen-bond donors (Lipinski definition) is 2. The van der Waals surface area contributed by atoms with Crippen molar-refractivity contribution in [2.24, 2.45) is 11.8 Å². The summed E-state index contributed by atoms with van der Waals surface area (Å²) >= 11 is 0. The van der Waals surface area contributed by atoms with Crippen LogP contribution in [0.25, 0.3) is 10.9 Å². The highest BCUT2D eigenvalue weighted by Crippen LogP contribution is 2.26. The van der Waals surface area contributed by atoms with Crippen LogP contribution < -0.4 is 5.32 Å². The quantitative estimate of drug-likeness (QED) is 0.650. The molecule has 32 heavy (non-hydrogen) atoms. The van der Waals surface area contributed by atoms with Crippen molar-refractivity contribution in [1.29, 1.82) is 0 Å². The Morgan fingerprint density at radius 1 is 1.09 bits per heavy atom. The molecule has 0 aliphatic carbocycles. The van der Waals surface area contributed by atoms with E-state index in [1.807, 2.05) is 42.2 Å². The lowest BCUT2D eigenvalue weighted by molar-refractivity contribution is -0.126. The van der Waals surface area contributed by atoms with Gasteiger partial charge in [0.15, 0.2) is 0 Å². The first kappa shape index (κ1) is 22.8. The summed E-state index contributed by atoms with van der Waals surface area (Å²) in [5.74, 6) is 0.535. The summed E-state index contributed by atoms with van der Waals surface area (Å²) in [4.78, 5) is 35.6. The van der Waals surface area contributed by atoms with Crippen molar-refractivity contribution in [3.05, 3.63) is 36.0 Å². The van der Waals surface area contributed by atoms with Gasteiger partial charge >= 0.3 is 0 Å². The van der Waals surface area contributed by atoms with E-state index in [1.54, 1.807) is 0 Å². The van der Waals surface area contributed by atoms with Crippen molar-refractivity contribution in [3.63, 3.8) is 0 Å². The summed E-state index contributed by atoms with van der Waals surface area (Å²) in [7, 11) is 2.17. The molecule has 7 heteroatoms. The summed E-state index contributed by atoms with van der Waals surface area (Å²) in [5.41, 5.74) is 1.64. The van der Waals surface area contributed by atoms with Crippen molar-refractivity contribution >= 4 is 22.7 Å². The van der Waals surface area contributed by atoms with Crippen LogP contribution >= 0.6 is 0 Å². The first-order chi connectivity index (χ1) is 15.5. The molecule has 0 saturated carbocycles. The second kappa shape index (κ2) is 10.5. The number of piperidine rings is 1. The number of carbonyl (C=O) groups is 2. The number of aromatic amines is 1. The van der Waals surface area contributed by atoms with Gasteiger partial charge in [0.1, 0.15) is 5.69 Å². The molecule has 4 rings (SSSR count). The third kappa shape index (κ3) is 5.51. The lowest BCUT2D eigenvalue weighted by Crippen LogP contribution is -2.45. The predicted octanol–water partition coefficient (Wildman–Crippen LogP) is 2.41. The summed E-state index contributed by atoms with van der Waals surface area (Å²) in [6.45, 7) is 9.75. The number of benzene rings is 1. The molecule has 1 aromatic carbocycles. The molecule has 2 saturated heterocycles. The zero-order valence-electron chi connectivity index (χ0n) is 19.5. The monoisotopic (exact) mass is 439 g/mol. The smallest absolute Gasteiger partial charge is 0.270 e. The van der Waals surface area contributed by atoms with E-state index in [0.29, 0.717) is 24.7 Å². The molecular formula is C25H37N5O2. The Labute approximate surface area is 191 Å². The summed E-state index contributed by atoms with van der Waals surface area (Å²) in [5, 5.41) is 4.20. The summed E-state index contributed by atoms with van der Waals surface area (Å²) in [6, 6.07) is 9.89. The van der Waals surface area contributed by atoms with E-state index in [2.05, 4.69) is 27.1 Å². The number of nitrogens with one attached hydrogen (secondary N) is 2. The van der Waals surface area contributed by atoms with Crippen LogP contribution in [0.1, 0.15) is 36.7 Å². The Bertz CT molecular complexity index is 877. The Kier molecular flexibility index (Phi) is 7.48. The molecule has 0 spiro atoms. The lowest BCUT2D eigenvalue weighted by Gasteiger charge is -2.34. The molecule has 1 aromatic heterocycles. The number of para-hydroxylation sites is 1. The Hall–Kier alpha value is -2.38. The number of carbonyl (C=O) groups excluding carboxylic acids is 2. The maximum atomic E-state index is 12.9. The molecule has 1 atom stereocenters. The third-order valence-corrected chi connectivity index (χ3v) is 7.25. The summed E-state index contributed by atoms with van der Waals surface area (Å²) < 4.78 is 0. The highest BCUT2D eigenvalue weighted by molar-refractivity contribution is 5.98. The predicted molar refractivity (Wildman–Crippen MR) is 128 cm³/mol. The highest BCUT2D eigenvalue weighted by Gasteiger charge is 2.30. The number of fused-ring (bicyclic) bond motifs is 1. The number of likely N-dealkylation sites (N-methyl/N-ethyl adjacent to an activating group) is 1. The van der Waals surface area contributed by atoms with Crippen LogP contribution in [-0.4, -0.2) is 90.9 Å². The Balaban J connectivity index is 1.18. The van der Waals surface area contributed by atoms with Gasteiger partial charge in [0.05, 0.1) is 0 Å². The van der Waals surface area contributed by atoms with E-state index in [9.17, 15) is 9.59 Å². The largest absolute Gasteiger partial charge is 0.356 e. The third-order valence-electron chi connectivity index (χ3n) is 7.25. The van der Waals surface area contributed by atoms with Crippen LogP contribution in [0, 0.1) is 11.8 Å². The molecule has 3 heterocycles. The minimum atomic E-state index is -0.0102. The van der Waals surface area contributed by atoms with Gasteiger partial charge in [0.2, 0.25) is 5.91 Å². The van der Waals surface area contributed by atoms with Gasteiger partial charge in [-0.25, -0.2) is 0 Å². The molecular weight excluding hydrogens is 402 g/mol. The van der Waals surface area contributed by atoms with Gasteiger partial charge in [-0.05, 0) is 50.9 Å². The first-order valence-corrected chi connectivity index (χ1v) is 12.1. The van der Waals surface area contributed by atoms with E-state index >= 15 is 0 Å². The first-order valence-electron chi connectivity index (χ1n) is 12.1. The van der Waals surface area contributed by atoms with Gasteiger partial charge in [0.25, 0.3) is 5.91 Å². The Morgan fingerprint density at radius 3 is 2.53 bits per heavy atom. The second-order valence-electron chi connectivity index (χ2n) is 9.48. The fraction of sp³-hybridized carbons (Fsp3) is 0.600. The van der Waals surface area contributed by atoms with E-state index in [1.165, 1.54) is 0 Å². The minimum Gasteiger partial charge on any atom is -0.356 e. The molecule has 174 valence electrons.